The lowest BCUT2D eigenvalue weighted by atomic mass is 9.71. The topological polar surface area (TPSA) is 115 Å². The molecule has 2 bridgehead atoms. The van der Waals surface area contributed by atoms with Gasteiger partial charge in [0.25, 0.3) is 0 Å². The number of fused-ring (bicyclic) bond motifs is 2. The van der Waals surface area contributed by atoms with Gasteiger partial charge in [0.05, 0.1) is 29.1 Å². The number of ether oxygens (including phenoxy) is 1. The predicted molar refractivity (Wildman–Crippen MR) is 166 cm³/mol. The maximum absolute atomic E-state index is 15.2. The predicted octanol–water partition coefficient (Wildman–Crippen LogP) is 4.53. The van der Waals surface area contributed by atoms with Crippen molar-refractivity contribution in [2.24, 2.45) is 11.7 Å². The Morgan fingerprint density at radius 3 is 2.68 bits per heavy atom. The van der Waals surface area contributed by atoms with Gasteiger partial charge in [-0.15, -0.1) is 0 Å². The minimum absolute atomic E-state index is 0.000378. The van der Waals surface area contributed by atoms with Crippen LogP contribution in [0.4, 0.5) is 8.78 Å². The Labute approximate surface area is 264 Å². The number of rotatable bonds is 11. The summed E-state index contributed by atoms with van der Waals surface area (Å²) in [4.78, 5) is 17.8. The van der Waals surface area contributed by atoms with E-state index in [0.717, 1.165) is 38.3 Å². The summed E-state index contributed by atoms with van der Waals surface area (Å²) < 4.78 is 63.0. The summed E-state index contributed by atoms with van der Waals surface area (Å²) in [6.45, 7) is 3.52. The Hall–Kier alpha value is -2.02. The van der Waals surface area contributed by atoms with Crippen molar-refractivity contribution in [3.05, 3.63) is 63.9 Å². The average molecular weight is 653 g/mol. The third-order valence-corrected chi connectivity index (χ3v) is 11.9. The van der Waals surface area contributed by atoms with Gasteiger partial charge in [-0.05, 0) is 93.0 Å². The molecule has 2 aliphatic heterocycles. The van der Waals surface area contributed by atoms with Crippen molar-refractivity contribution in [1.82, 2.24) is 14.6 Å². The highest BCUT2D eigenvalue weighted by Gasteiger charge is 2.39. The number of hydrogen-bond donors (Lipinski definition) is 2. The molecule has 1 unspecified atom stereocenters. The molecule has 1 saturated carbocycles. The Bertz CT molecular complexity index is 1420. The first kappa shape index (κ1) is 33.3. The third-order valence-electron chi connectivity index (χ3n) is 9.66. The van der Waals surface area contributed by atoms with Crippen molar-refractivity contribution in [1.29, 1.82) is 0 Å². The van der Waals surface area contributed by atoms with E-state index in [2.05, 4.69) is 10.3 Å². The summed E-state index contributed by atoms with van der Waals surface area (Å²) in [5, 5.41) is 3.44. The number of hydrogen-bond acceptors (Lipinski definition) is 7. The average Bonchev–Trinajstić information content (AvgIpc) is 3.11. The van der Waals surface area contributed by atoms with E-state index in [1.807, 2.05) is 6.92 Å². The monoisotopic (exact) mass is 652 g/mol. The first-order valence-corrected chi connectivity index (χ1v) is 17.7. The number of carbonyl (C=O) groups excluding carboxylic acids is 1. The zero-order valence-corrected chi connectivity index (χ0v) is 26.8. The normalized spacial score (nSPS) is 28.2. The van der Waals surface area contributed by atoms with Gasteiger partial charge >= 0.3 is 0 Å². The van der Waals surface area contributed by atoms with Gasteiger partial charge < -0.3 is 15.8 Å². The molecular formula is C32H43ClF2N4O4S. The smallest absolute Gasteiger partial charge is 0.214 e. The highest BCUT2D eigenvalue weighted by atomic mass is 35.5. The van der Waals surface area contributed by atoms with Crippen molar-refractivity contribution < 1.29 is 26.7 Å². The second-order valence-electron chi connectivity index (χ2n) is 12.4. The molecular weight excluding hydrogens is 610 g/mol. The van der Waals surface area contributed by atoms with Crippen LogP contribution < -0.4 is 11.1 Å². The molecule has 8 nitrogen and oxygen atoms in total. The molecule has 3 N–H and O–H groups in total. The quantitative estimate of drug-likeness (QED) is 0.367. The molecule has 242 valence electrons. The molecule has 0 spiro atoms. The SMILES string of the molecule is CCOC1CCC([C@H](c2ccc(Cl)c(F)c2)[C@H](N)C(=O)Cc2cncc(F)c2CC[C@H]2CN[C@@H]3CCCS(=O)(=O)N2C3)CC1. The lowest BCUT2D eigenvalue weighted by molar-refractivity contribution is -0.120. The van der Waals surface area contributed by atoms with Crippen LogP contribution in [0.25, 0.3) is 0 Å². The van der Waals surface area contributed by atoms with Crippen LogP contribution in [0.5, 0.6) is 0 Å². The summed E-state index contributed by atoms with van der Waals surface area (Å²) in [6, 6.07) is 3.46. The first-order valence-electron chi connectivity index (χ1n) is 15.8. The summed E-state index contributed by atoms with van der Waals surface area (Å²) in [5.41, 5.74) is 8.10. The zero-order valence-electron chi connectivity index (χ0n) is 25.2. The van der Waals surface area contributed by atoms with Gasteiger partial charge in [-0.25, -0.2) is 17.2 Å². The fourth-order valence-corrected chi connectivity index (χ4v) is 9.26. The Morgan fingerprint density at radius 1 is 1.18 bits per heavy atom. The minimum atomic E-state index is -3.38. The minimum Gasteiger partial charge on any atom is -0.379 e. The summed E-state index contributed by atoms with van der Waals surface area (Å²) in [6.07, 6.45) is 7.94. The molecule has 44 heavy (non-hydrogen) atoms. The zero-order chi connectivity index (χ0) is 31.4. The molecule has 3 heterocycles. The van der Waals surface area contributed by atoms with Gasteiger partial charge in [0.1, 0.15) is 11.6 Å². The van der Waals surface area contributed by atoms with E-state index in [0.29, 0.717) is 49.2 Å². The summed E-state index contributed by atoms with van der Waals surface area (Å²) >= 11 is 5.97. The molecule has 3 fully saturated rings. The lowest BCUT2D eigenvalue weighted by Crippen LogP contribution is -2.57. The van der Waals surface area contributed by atoms with E-state index >= 15 is 4.39 Å². The molecule has 1 aromatic heterocycles. The molecule has 5 rings (SSSR count). The van der Waals surface area contributed by atoms with Crippen molar-refractivity contribution in [3.63, 3.8) is 0 Å². The van der Waals surface area contributed by atoms with Crippen molar-refractivity contribution >= 4 is 27.4 Å². The highest BCUT2D eigenvalue weighted by molar-refractivity contribution is 7.89. The van der Waals surface area contributed by atoms with Gasteiger partial charge in [-0.1, -0.05) is 17.7 Å². The number of Topliss-reactive ketones (excluding diaryl/α,β-unsaturated/α-hetero) is 1. The number of benzene rings is 1. The van der Waals surface area contributed by atoms with Crippen LogP contribution >= 0.6 is 11.6 Å². The van der Waals surface area contributed by atoms with E-state index in [1.54, 1.807) is 10.4 Å². The van der Waals surface area contributed by atoms with Crippen LogP contribution in [-0.2, 0) is 32.4 Å². The van der Waals surface area contributed by atoms with E-state index in [9.17, 15) is 17.6 Å². The number of carbonyl (C=O) groups is 1. The van der Waals surface area contributed by atoms with Crippen LogP contribution in [0.2, 0.25) is 5.02 Å². The largest absolute Gasteiger partial charge is 0.379 e. The van der Waals surface area contributed by atoms with E-state index in [-0.39, 0.29) is 53.5 Å². The molecule has 2 aromatic rings. The number of nitrogens with zero attached hydrogens (tertiary/aromatic N) is 2. The number of pyridine rings is 1. The van der Waals surface area contributed by atoms with Gasteiger partial charge in [0.15, 0.2) is 5.78 Å². The first-order chi connectivity index (χ1) is 21.1. The summed E-state index contributed by atoms with van der Waals surface area (Å²) in [5.74, 6) is -1.68. The number of aromatic nitrogens is 1. The van der Waals surface area contributed by atoms with Crippen LogP contribution in [-0.4, -0.2) is 73.2 Å². The van der Waals surface area contributed by atoms with Gasteiger partial charge in [0, 0.05) is 50.3 Å². The van der Waals surface area contributed by atoms with E-state index < -0.39 is 33.6 Å². The van der Waals surface area contributed by atoms with Crippen molar-refractivity contribution in [2.45, 2.75) is 94.9 Å². The number of halogens is 3. The van der Waals surface area contributed by atoms with Crippen molar-refractivity contribution in [3.8, 4) is 0 Å². The van der Waals surface area contributed by atoms with Crippen LogP contribution in [0.1, 0.15) is 74.5 Å². The maximum Gasteiger partial charge on any atom is 0.214 e. The molecule has 1 aliphatic carbocycles. The summed E-state index contributed by atoms with van der Waals surface area (Å²) in [7, 11) is -3.38. The molecule has 5 atom stereocenters. The number of piperazine rings is 1. The Balaban J connectivity index is 1.33. The second-order valence-corrected chi connectivity index (χ2v) is 14.9. The van der Waals surface area contributed by atoms with Crippen LogP contribution in [0, 0.1) is 17.6 Å². The molecule has 0 amide bonds. The molecule has 2 saturated heterocycles. The number of nitrogens with one attached hydrogen (secondary N) is 1. The molecule has 0 radical (unpaired) electrons. The van der Waals surface area contributed by atoms with Gasteiger partial charge in [-0.3, -0.25) is 9.78 Å². The number of nitrogens with two attached hydrogens (primary N) is 1. The van der Waals surface area contributed by atoms with Crippen LogP contribution in [0.15, 0.2) is 30.6 Å². The Morgan fingerprint density at radius 2 is 1.95 bits per heavy atom. The highest BCUT2D eigenvalue weighted by Crippen LogP contribution is 2.40. The number of ketones is 1. The van der Waals surface area contributed by atoms with E-state index in [1.165, 1.54) is 18.3 Å². The van der Waals surface area contributed by atoms with E-state index in [4.69, 9.17) is 22.1 Å². The fourth-order valence-electron chi connectivity index (χ4n) is 7.34. The molecule has 12 heteroatoms. The fraction of sp³-hybridized carbons (Fsp3) is 0.625. The van der Waals surface area contributed by atoms with Crippen molar-refractivity contribution in [2.75, 3.05) is 25.4 Å². The van der Waals surface area contributed by atoms with Gasteiger partial charge in [-0.2, -0.15) is 4.31 Å². The molecule has 3 aliphatic rings. The molecule has 1 aromatic carbocycles. The van der Waals surface area contributed by atoms with Gasteiger partial charge in [0.2, 0.25) is 10.0 Å². The second kappa shape index (κ2) is 14.6. The number of sulfonamides is 1. The standard InChI is InChI=1S/C32H43ClF2N4O4S/c1-2-43-25-9-5-20(6-10-25)31(21-7-12-27(33)28(34)14-21)32(36)30(40)15-22-16-37-18-29(35)26(22)11-8-24-17-38-23-4-3-13-44(41,42)39(24)19-23/h7,12,14,16,18,20,23-25,31-32,38H,2-6,8-11,13,15,17,19,36H2,1H3/t20?,23-,24+,25?,31-,32-/m1/s1. The maximum atomic E-state index is 15.2. The lowest BCUT2D eigenvalue weighted by Gasteiger charge is -2.37. The Kier molecular flexibility index (Phi) is 11.1. The van der Waals surface area contributed by atoms with Crippen LogP contribution in [0.3, 0.4) is 0 Å². The third kappa shape index (κ3) is 7.67.